The molecule has 19 heavy (non-hydrogen) atoms. The van der Waals surface area contributed by atoms with E-state index in [1.165, 1.54) is 0 Å². The first-order chi connectivity index (χ1) is 8.73. The van der Waals surface area contributed by atoms with Gasteiger partial charge in [0.15, 0.2) is 0 Å². The summed E-state index contributed by atoms with van der Waals surface area (Å²) in [7, 11) is 0. The number of aromatic nitrogens is 2. The second kappa shape index (κ2) is 4.81. The molecular weight excluding hydrogens is 310 g/mol. The third kappa shape index (κ3) is 3.29. The maximum absolute atomic E-state index is 11.8. The fourth-order valence-electron chi connectivity index (χ4n) is 2.15. The normalized spacial score (nSPS) is 18.8. The van der Waals surface area contributed by atoms with Gasteiger partial charge in [-0.05, 0) is 56.5 Å². The van der Waals surface area contributed by atoms with E-state index >= 15 is 0 Å². The van der Waals surface area contributed by atoms with Crippen LogP contribution in [0.3, 0.4) is 0 Å². The minimum Gasteiger partial charge on any atom is -0.444 e. The van der Waals surface area contributed by atoms with Crippen LogP contribution >= 0.6 is 15.9 Å². The molecule has 1 aliphatic rings. The summed E-state index contributed by atoms with van der Waals surface area (Å²) >= 11 is 3.40. The molecule has 0 bridgehead atoms. The van der Waals surface area contributed by atoms with Crippen molar-refractivity contribution in [2.75, 3.05) is 0 Å². The SMILES string of the molecule is CC(NC(=O)OC(C)(C)C)C1(n2cc(Br)cn2)CC1. The molecule has 5 nitrogen and oxygen atoms in total. The molecule has 1 fully saturated rings. The number of rotatable bonds is 3. The van der Waals surface area contributed by atoms with Gasteiger partial charge in [0, 0.05) is 6.20 Å². The van der Waals surface area contributed by atoms with E-state index in [9.17, 15) is 4.79 Å². The van der Waals surface area contributed by atoms with E-state index in [0.29, 0.717) is 0 Å². The van der Waals surface area contributed by atoms with Crippen LogP contribution in [-0.4, -0.2) is 27.5 Å². The number of alkyl carbamates (subject to hydrolysis) is 1. The summed E-state index contributed by atoms with van der Waals surface area (Å²) in [5.74, 6) is 0. The number of ether oxygens (including phenoxy) is 1. The average Bonchev–Trinajstić information content (AvgIpc) is 2.94. The number of nitrogens with zero attached hydrogens (tertiary/aromatic N) is 2. The molecule has 1 N–H and O–H groups in total. The topological polar surface area (TPSA) is 56.1 Å². The van der Waals surface area contributed by atoms with Gasteiger partial charge < -0.3 is 10.1 Å². The third-order valence-corrected chi connectivity index (χ3v) is 3.72. The Balaban J connectivity index is 2.00. The van der Waals surface area contributed by atoms with Crippen molar-refractivity contribution in [3.05, 3.63) is 16.9 Å². The average molecular weight is 330 g/mol. The lowest BCUT2D eigenvalue weighted by Crippen LogP contribution is -2.46. The van der Waals surface area contributed by atoms with Crippen molar-refractivity contribution < 1.29 is 9.53 Å². The van der Waals surface area contributed by atoms with Gasteiger partial charge in [0.05, 0.1) is 22.3 Å². The largest absolute Gasteiger partial charge is 0.444 e. The highest BCUT2D eigenvalue weighted by atomic mass is 79.9. The molecule has 1 aromatic heterocycles. The van der Waals surface area contributed by atoms with Crippen molar-refractivity contribution in [2.24, 2.45) is 0 Å². The Morgan fingerprint density at radius 1 is 1.58 bits per heavy atom. The minimum atomic E-state index is -0.477. The smallest absolute Gasteiger partial charge is 0.407 e. The molecule has 1 saturated carbocycles. The lowest BCUT2D eigenvalue weighted by Gasteiger charge is -2.27. The molecule has 106 valence electrons. The Morgan fingerprint density at radius 3 is 2.63 bits per heavy atom. The Bertz CT molecular complexity index is 474. The van der Waals surface area contributed by atoms with Crippen LogP contribution in [0.25, 0.3) is 0 Å². The van der Waals surface area contributed by atoms with Gasteiger partial charge >= 0.3 is 6.09 Å². The first-order valence-electron chi connectivity index (χ1n) is 6.43. The summed E-state index contributed by atoms with van der Waals surface area (Å²) in [4.78, 5) is 11.8. The van der Waals surface area contributed by atoms with E-state index in [-0.39, 0.29) is 17.7 Å². The quantitative estimate of drug-likeness (QED) is 0.927. The van der Waals surface area contributed by atoms with Crippen molar-refractivity contribution in [2.45, 2.75) is 57.7 Å². The summed E-state index contributed by atoms with van der Waals surface area (Å²) in [6, 6.07) is -0.0193. The van der Waals surface area contributed by atoms with Crippen LogP contribution in [0.15, 0.2) is 16.9 Å². The molecule has 1 amide bonds. The fourth-order valence-corrected chi connectivity index (χ4v) is 2.44. The Morgan fingerprint density at radius 2 is 2.21 bits per heavy atom. The molecule has 2 rings (SSSR count). The molecule has 1 aliphatic carbocycles. The second-order valence-corrected chi connectivity index (χ2v) is 6.99. The van der Waals surface area contributed by atoms with Crippen LogP contribution in [-0.2, 0) is 10.3 Å². The van der Waals surface area contributed by atoms with E-state index < -0.39 is 5.60 Å². The molecule has 6 heteroatoms. The molecule has 1 heterocycles. The van der Waals surface area contributed by atoms with E-state index in [0.717, 1.165) is 17.3 Å². The number of amides is 1. The van der Waals surface area contributed by atoms with Crippen LogP contribution < -0.4 is 5.32 Å². The highest BCUT2D eigenvalue weighted by molar-refractivity contribution is 9.10. The summed E-state index contributed by atoms with van der Waals surface area (Å²) in [6.07, 6.45) is 5.36. The first kappa shape index (κ1) is 14.4. The molecule has 1 unspecified atom stereocenters. The van der Waals surface area contributed by atoms with Crippen molar-refractivity contribution in [3.8, 4) is 0 Å². The number of halogens is 1. The summed E-state index contributed by atoms with van der Waals surface area (Å²) in [5, 5.41) is 7.24. The van der Waals surface area contributed by atoms with Gasteiger partial charge in [-0.2, -0.15) is 5.10 Å². The lowest BCUT2D eigenvalue weighted by atomic mass is 10.1. The molecule has 1 aromatic rings. The zero-order valence-electron chi connectivity index (χ0n) is 11.7. The molecule has 1 atom stereocenters. The molecule has 0 saturated heterocycles. The van der Waals surface area contributed by atoms with Crippen molar-refractivity contribution in [3.63, 3.8) is 0 Å². The predicted octanol–water partition coefficient (Wildman–Crippen LogP) is 3.05. The second-order valence-electron chi connectivity index (χ2n) is 6.07. The number of hydrogen-bond acceptors (Lipinski definition) is 3. The number of nitrogens with one attached hydrogen (secondary N) is 1. The molecular formula is C13H20BrN3O2. The highest BCUT2D eigenvalue weighted by Crippen LogP contribution is 2.46. The maximum Gasteiger partial charge on any atom is 0.407 e. The predicted molar refractivity (Wildman–Crippen MR) is 76.0 cm³/mol. The van der Waals surface area contributed by atoms with Gasteiger partial charge in [0.1, 0.15) is 5.60 Å². The monoisotopic (exact) mass is 329 g/mol. The van der Waals surface area contributed by atoms with Gasteiger partial charge in [-0.1, -0.05) is 0 Å². The highest BCUT2D eigenvalue weighted by Gasteiger charge is 2.51. The summed E-state index contributed by atoms with van der Waals surface area (Å²) in [6.45, 7) is 7.56. The summed E-state index contributed by atoms with van der Waals surface area (Å²) < 4.78 is 8.16. The Hall–Kier alpha value is -1.04. The third-order valence-electron chi connectivity index (χ3n) is 3.31. The molecule has 0 aliphatic heterocycles. The van der Waals surface area contributed by atoms with Crippen LogP contribution in [0, 0.1) is 0 Å². The minimum absolute atomic E-state index is 0.0193. The number of carbonyl (C=O) groups excluding carboxylic acids is 1. The zero-order valence-corrected chi connectivity index (χ0v) is 13.3. The maximum atomic E-state index is 11.8. The first-order valence-corrected chi connectivity index (χ1v) is 7.22. The van der Waals surface area contributed by atoms with Crippen molar-refractivity contribution >= 4 is 22.0 Å². The molecule has 0 spiro atoms. The van der Waals surface area contributed by atoms with Crippen LogP contribution in [0.2, 0.25) is 0 Å². The van der Waals surface area contributed by atoms with Crippen molar-refractivity contribution in [1.29, 1.82) is 0 Å². The number of carbonyl (C=O) groups is 1. The van der Waals surface area contributed by atoms with Gasteiger partial charge in [-0.3, -0.25) is 4.68 Å². The zero-order chi connectivity index (χ0) is 14.3. The lowest BCUT2D eigenvalue weighted by molar-refractivity contribution is 0.0485. The van der Waals surface area contributed by atoms with E-state index in [1.807, 2.05) is 38.6 Å². The van der Waals surface area contributed by atoms with Gasteiger partial charge in [-0.15, -0.1) is 0 Å². The van der Waals surface area contributed by atoms with E-state index in [1.54, 1.807) is 6.20 Å². The van der Waals surface area contributed by atoms with E-state index in [4.69, 9.17) is 4.74 Å². The van der Waals surface area contributed by atoms with Gasteiger partial charge in [-0.25, -0.2) is 4.79 Å². The summed E-state index contributed by atoms with van der Waals surface area (Å²) in [5.41, 5.74) is -0.585. The molecule has 0 aromatic carbocycles. The standard InChI is InChI=1S/C13H20BrN3O2/c1-9(16-11(18)19-12(2,3)4)13(5-6-13)17-8-10(14)7-15-17/h7-9H,5-6H2,1-4H3,(H,16,18). The van der Waals surface area contributed by atoms with Gasteiger partial charge in [0.25, 0.3) is 0 Å². The number of hydrogen-bond donors (Lipinski definition) is 1. The van der Waals surface area contributed by atoms with Crippen LogP contribution in [0.5, 0.6) is 0 Å². The fraction of sp³-hybridized carbons (Fsp3) is 0.692. The van der Waals surface area contributed by atoms with E-state index in [2.05, 4.69) is 26.3 Å². The molecule has 0 radical (unpaired) electrons. The van der Waals surface area contributed by atoms with Crippen molar-refractivity contribution in [1.82, 2.24) is 15.1 Å². The van der Waals surface area contributed by atoms with Gasteiger partial charge in [0.2, 0.25) is 0 Å². The van der Waals surface area contributed by atoms with Crippen LogP contribution in [0.4, 0.5) is 4.79 Å². The van der Waals surface area contributed by atoms with Crippen LogP contribution in [0.1, 0.15) is 40.5 Å². The Kier molecular flexibility index (Phi) is 3.64. The Labute approximate surface area is 121 Å².